The van der Waals surface area contributed by atoms with E-state index in [1.54, 1.807) is 19.2 Å². The first-order valence-corrected chi connectivity index (χ1v) is 7.55. The van der Waals surface area contributed by atoms with Crippen molar-refractivity contribution in [1.29, 1.82) is 0 Å². The largest absolute Gasteiger partial charge is 0.416 e. The first kappa shape index (κ1) is 16.9. The second-order valence-corrected chi connectivity index (χ2v) is 5.72. The molecule has 0 aliphatic rings. The Balaban J connectivity index is 1.87. The third-order valence-electron chi connectivity index (χ3n) is 3.87. The van der Waals surface area contributed by atoms with Crippen LogP contribution in [0.5, 0.6) is 0 Å². The molecular formula is C17H15F3N4O. The smallest absolute Gasteiger partial charge is 0.311 e. The molecule has 2 heterocycles. The number of nitrogens with zero attached hydrogens (tertiary/aromatic N) is 3. The number of rotatable bonds is 3. The highest BCUT2D eigenvalue weighted by Gasteiger charge is 2.30. The maximum Gasteiger partial charge on any atom is 0.416 e. The fourth-order valence-electron chi connectivity index (χ4n) is 2.51. The number of H-pyrrole nitrogens is 1. The van der Waals surface area contributed by atoms with Gasteiger partial charge in [-0.25, -0.2) is 9.67 Å². The van der Waals surface area contributed by atoms with Crippen molar-refractivity contribution < 1.29 is 13.2 Å². The van der Waals surface area contributed by atoms with Gasteiger partial charge in [-0.3, -0.25) is 4.79 Å². The van der Waals surface area contributed by atoms with E-state index in [-0.39, 0.29) is 11.5 Å². The van der Waals surface area contributed by atoms with E-state index in [9.17, 15) is 18.0 Å². The lowest BCUT2D eigenvalue weighted by atomic mass is 9.97. The van der Waals surface area contributed by atoms with Gasteiger partial charge in [-0.2, -0.15) is 18.3 Å². The second kappa shape index (κ2) is 6.19. The standard InChI is InChI=1S/C17H15F3N4O/c1-10(12-3-5-13(6-4-12)17(18,19)20)14-7-8-24(23-14)15-9-16(25)22-11(2)21-15/h3-10H,1-2H3,(H,21,22,25)/t10-/m1/s1. The molecule has 0 spiro atoms. The molecule has 130 valence electrons. The summed E-state index contributed by atoms with van der Waals surface area (Å²) >= 11 is 0. The van der Waals surface area contributed by atoms with Crippen molar-refractivity contribution in [2.24, 2.45) is 0 Å². The molecule has 3 rings (SSSR count). The lowest BCUT2D eigenvalue weighted by Crippen LogP contribution is -2.12. The average molecular weight is 348 g/mol. The van der Waals surface area contributed by atoms with Crippen molar-refractivity contribution in [3.8, 4) is 5.82 Å². The Hall–Kier alpha value is -2.90. The minimum absolute atomic E-state index is 0.202. The number of hydrogen-bond donors (Lipinski definition) is 1. The molecular weight excluding hydrogens is 333 g/mol. The normalized spacial score (nSPS) is 13.0. The number of aryl methyl sites for hydroxylation is 1. The Labute approximate surface area is 141 Å². The molecule has 2 aromatic heterocycles. The number of halogens is 3. The van der Waals surface area contributed by atoms with Gasteiger partial charge in [0.1, 0.15) is 5.82 Å². The molecule has 0 unspecified atom stereocenters. The van der Waals surface area contributed by atoms with Gasteiger partial charge in [-0.05, 0) is 30.7 Å². The maximum absolute atomic E-state index is 12.6. The zero-order valence-corrected chi connectivity index (χ0v) is 13.5. The van der Waals surface area contributed by atoms with Crippen LogP contribution < -0.4 is 5.56 Å². The van der Waals surface area contributed by atoms with E-state index < -0.39 is 11.7 Å². The summed E-state index contributed by atoms with van der Waals surface area (Å²) in [4.78, 5) is 18.3. The summed E-state index contributed by atoms with van der Waals surface area (Å²) in [6.45, 7) is 3.52. The van der Waals surface area contributed by atoms with Crippen LogP contribution >= 0.6 is 0 Å². The molecule has 0 aliphatic carbocycles. The van der Waals surface area contributed by atoms with E-state index >= 15 is 0 Å². The van der Waals surface area contributed by atoms with Crippen LogP contribution in [0.1, 0.15) is 35.5 Å². The molecule has 0 amide bonds. The van der Waals surface area contributed by atoms with Gasteiger partial charge in [0.2, 0.25) is 0 Å². The Kier molecular flexibility index (Phi) is 4.20. The van der Waals surface area contributed by atoms with Crippen LogP contribution in [0.2, 0.25) is 0 Å². The highest BCUT2D eigenvalue weighted by atomic mass is 19.4. The van der Waals surface area contributed by atoms with E-state index in [1.807, 2.05) is 6.92 Å². The summed E-state index contributed by atoms with van der Waals surface area (Å²) in [7, 11) is 0. The van der Waals surface area contributed by atoms with Crippen LogP contribution in [0.25, 0.3) is 5.82 Å². The average Bonchev–Trinajstić information content (AvgIpc) is 3.02. The third-order valence-corrected chi connectivity index (χ3v) is 3.87. The number of alkyl halides is 3. The Morgan fingerprint density at radius 2 is 1.84 bits per heavy atom. The van der Waals surface area contributed by atoms with Gasteiger partial charge in [-0.1, -0.05) is 19.1 Å². The van der Waals surface area contributed by atoms with Crippen LogP contribution in [-0.2, 0) is 6.18 Å². The van der Waals surface area contributed by atoms with E-state index in [1.165, 1.54) is 22.9 Å². The quantitative estimate of drug-likeness (QED) is 0.789. The Bertz CT molecular complexity index is 942. The topological polar surface area (TPSA) is 63.6 Å². The molecule has 0 aliphatic heterocycles. The molecule has 0 saturated carbocycles. The summed E-state index contributed by atoms with van der Waals surface area (Å²) in [5.41, 5.74) is 0.417. The third kappa shape index (κ3) is 3.62. The number of benzene rings is 1. The summed E-state index contributed by atoms with van der Waals surface area (Å²) in [5, 5.41) is 4.39. The van der Waals surface area contributed by atoms with Crippen molar-refractivity contribution in [2.75, 3.05) is 0 Å². The van der Waals surface area contributed by atoms with Crippen LogP contribution in [0.15, 0.2) is 47.4 Å². The van der Waals surface area contributed by atoms with Crippen molar-refractivity contribution in [1.82, 2.24) is 19.7 Å². The summed E-state index contributed by atoms with van der Waals surface area (Å²) in [5.74, 6) is 0.647. The first-order valence-electron chi connectivity index (χ1n) is 7.55. The predicted octanol–water partition coefficient (Wildman–Crippen LogP) is 3.43. The fraction of sp³-hybridized carbons (Fsp3) is 0.235. The summed E-state index contributed by atoms with van der Waals surface area (Å²) in [6, 6.07) is 8.09. The molecule has 3 aromatic rings. The molecule has 8 heteroatoms. The van der Waals surface area contributed by atoms with Gasteiger partial charge in [0.05, 0.1) is 11.3 Å². The minimum atomic E-state index is -4.35. The van der Waals surface area contributed by atoms with Crippen molar-refractivity contribution in [2.45, 2.75) is 25.9 Å². The first-order chi connectivity index (χ1) is 11.7. The zero-order valence-electron chi connectivity index (χ0n) is 13.5. The number of aromatic amines is 1. The van der Waals surface area contributed by atoms with Gasteiger partial charge >= 0.3 is 6.18 Å². The molecule has 0 fully saturated rings. The van der Waals surface area contributed by atoms with E-state index in [4.69, 9.17) is 0 Å². The van der Waals surface area contributed by atoms with Gasteiger partial charge < -0.3 is 4.98 Å². The molecule has 0 radical (unpaired) electrons. The number of aromatic nitrogens is 4. The molecule has 5 nitrogen and oxygen atoms in total. The second-order valence-electron chi connectivity index (χ2n) is 5.72. The van der Waals surface area contributed by atoms with Gasteiger partial charge in [0.15, 0.2) is 5.82 Å². The van der Waals surface area contributed by atoms with E-state index in [2.05, 4.69) is 15.1 Å². The minimum Gasteiger partial charge on any atom is -0.311 e. The van der Waals surface area contributed by atoms with Gasteiger partial charge in [0.25, 0.3) is 5.56 Å². The Morgan fingerprint density at radius 3 is 2.44 bits per heavy atom. The lowest BCUT2D eigenvalue weighted by molar-refractivity contribution is -0.137. The molecule has 1 aromatic carbocycles. The monoisotopic (exact) mass is 348 g/mol. The predicted molar refractivity (Wildman–Crippen MR) is 85.7 cm³/mol. The molecule has 25 heavy (non-hydrogen) atoms. The summed E-state index contributed by atoms with van der Waals surface area (Å²) in [6.07, 6.45) is -2.69. The molecule has 1 atom stereocenters. The van der Waals surface area contributed by atoms with Crippen LogP contribution in [-0.4, -0.2) is 19.7 Å². The lowest BCUT2D eigenvalue weighted by Gasteiger charge is -2.11. The number of nitrogens with one attached hydrogen (secondary N) is 1. The fourth-order valence-corrected chi connectivity index (χ4v) is 2.51. The van der Waals surface area contributed by atoms with E-state index in [0.29, 0.717) is 22.9 Å². The number of hydrogen-bond acceptors (Lipinski definition) is 3. The van der Waals surface area contributed by atoms with Gasteiger partial charge in [0, 0.05) is 18.2 Å². The molecule has 0 bridgehead atoms. The van der Waals surface area contributed by atoms with Crippen molar-refractivity contribution in [3.05, 3.63) is 75.6 Å². The van der Waals surface area contributed by atoms with Gasteiger partial charge in [-0.15, -0.1) is 0 Å². The van der Waals surface area contributed by atoms with Crippen LogP contribution in [0.4, 0.5) is 13.2 Å². The molecule has 1 N–H and O–H groups in total. The van der Waals surface area contributed by atoms with E-state index in [0.717, 1.165) is 12.1 Å². The maximum atomic E-state index is 12.6. The highest BCUT2D eigenvalue weighted by molar-refractivity contribution is 5.32. The summed E-state index contributed by atoms with van der Waals surface area (Å²) < 4.78 is 39.4. The van der Waals surface area contributed by atoms with Crippen molar-refractivity contribution >= 4 is 0 Å². The van der Waals surface area contributed by atoms with Crippen LogP contribution in [0.3, 0.4) is 0 Å². The van der Waals surface area contributed by atoms with Crippen molar-refractivity contribution in [3.63, 3.8) is 0 Å². The highest BCUT2D eigenvalue weighted by Crippen LogP contribution is 2.31. The van der Waals surface area contributed by atoms with Crippen LogP contribution in [0, 0.1) is 6.92 Å². The Morgan fingerprint density at radius 1 is 1.16 bits per heavy atom. The molecule has 0 saturated heterocycles. The zero-order chi connectivity index (χ0) is 18.2. The SMILES string of the molecule is Cc1nc(-n2ccc([C@H](C)c3ccc(C(F)(F)F)cc3)n2)cc(=O)[nH]1.